The zero-order valence-electron chi connectivity index (χ0n) is 10.3. The number of aromatic nitrogens is 1. The lowest BCUT2D eigenvalue weighted by molar-refractivity contribution is -0.137. The number of halogens is 4. The highest BCUT2D eigenvalue weighted by Crippen LogP contribution is 2.31. The molecule has 3 nitrogen and oxygen atoms in total. The Kier molecular flexibility index (Phi) is 4.20. The molecular weight excluding hydrogens is 281 g/mol. The molecule has 2 unspecified atom stereocenters. The summed E-state index contributed by atoms with van der Waals surface area (Å²) >= 11 is 5.73. The Morgan fingerprint density at radius 2 is 2.26 bits per heavy atom. The van der Waals surface area contributed by atoms with E-state index in [9.17, 15) is 13.2 Å². The van der Waals surface area contributed by atoms with Crippen LogP contribution in [0, 0.1) is 0 Å². The Hall–Kier alpha value is -1.01. The van der Waals surface area contributed by atoms with Gasteiger partial charge in [0, 0.05) is 12.7 Å². The molecule has 1 aromatic heterocycles. The van der Waals surface area contributed by atoms with Crippen LogP contribution < -0.4 is 4.90 Å². The first-order valence-electron chi connectivity index (χ1n) is 5.89. The van der Waals surface area contributed by atoms with E-state index in [0.717, 1.165) is 12.1 Å². The largest absolute Gasteiger partial charge is 0.416 e. The number of rotatable bonds is 2. The van der Waals surface area contributed by atoms with Gasteiger partial charge in [0.2, 0.25) is 0 Å². The topological polar surface area (TPSA) is 25.4 Å². The fraction of sp³-hybridized carbons (Fsp3) is 0.583. The van der Waals surface area contributed by atoms with Gasteiger partial charge < -0.3 is 9.64 Å². The van der Waals surface area contributed by atoms with Gasteiger partial charge in [0.15, 0.2) is 0 Å². The summed E-state index contributed by atoms with van der Waals surface area (Å²) < 4.78 is 43.5. The van der Waals surface area contributed by atoms with Crippen LogP contribution in [0.4, 0.5) is 19.0 Å². The van der Waals surface area contributed by atoms with E-state index in [1.54, 1.807) is 4.90 Å². The standard InChI is InChI=1S/C12H14ClF3N2O/c1-8-7-19-10(5-13)6-18(8)11-4-9(2-3-17-11)12(14,15)16/h2-4,8,10H,5-7H2,1H3. The minimum absolute atomic E-state index is 0.0320. The summed E-state index contributed by atoms with van der Waals surface area (Å²) in [5.41, 5.74) is -0.696. The first kappa shape index (κ1) is 14.4. The maximum atomic E-state index is 12.7. The summed E-state index contributed by atoms with van der Waals surface area (Å²) in [7, 11) is 0. The van der Waals surface area contributed by atoms with E-state index in [4.69, 9.17) is 16.3 Å². The predicted molar refractivity (Wildman–Crippen MR) is 66.5 cm³/mol. The van der Waals surface area contributed by atoms with Crippen molar-refractivity contribution in [2.24, 2.45) is 0 Å². The molecule has 0 aliphatic carbocycles. The van der Waals surface area contributed by atoms with Gasteiger partial charge in [-0.25, -0.2) is 4.98 Å². The second-order valence-electron chi connectivity index (χ2n) is 4.51. The quantitative estimate of drug-likeness (QED) is 0.784. The van der Waals surface area contributed by atoms with Gasteiger partial charge in [0.05, 0.1) is 30.2 Å². The molecule has 0 spiro atoms. The Morgan fingerprint density at radius 1 is 1.53 bits per heavy atom. The molecule has 106 valence electrons. The minimum atomic E-state index is -4.36. The highest BCUT2D eigenvalue weighted by molar-refractivity contribution is 6.18. The van der Waals surface area contributed by atoms with E-state index in [1.165, 1.54) is 6.20 Å². The van der Waals surface area contributed by atoms with Crippen LogP contribution >= 0.6 is 11.6 Å². The molecule has 1 aromatic rings. The number of anilines is 1. The number of pyridine rings is 1. The summed E-state index contributed by atoms with van der Waals surface area (Å²) in [4.78, 5) is 5.82. The summed E-state index contributed by atoms with van der Waals surface area (Å²) in [5.74, 6) is 0.614. The maximum absolute atomic E-state index is 12.7. The van der Waals surface area contributed by atoms with Crippen LogP contribution in [-0.4, -0.2) is 36.2 Å². The van der Waals surface area contributed by atoms with Crippen molar-refractivity contribution in [1.82, 2.24) is 4.98 Å². The Bertz CT molecular complexity index is 441. The van der Waals surface area contributed by atoms with E-state index < -0.39 is 11.7 Å². The molecule has 0 radical (unpaired) electrons. The molecule has 1 aliphatic heterocycles. The average molecular weight is 295 g/mol. The second-order valence-corrected chi connectivity index (χ2v) is 4.82. The molecule has 0 bridgehead atoms. The Morgan fingerprint density at radius 3 is 2.89 bits per heavy atom. The van der Waals surface area contributed by atoms with E-state index in [2.05, 4.69) is 4.98 Å². The van der Waals surface area contributed by atoms with Gasteiger partial charge in [-0.3, -0.25) is 0 Å². The fourth-order valence-corrected chi connectivity index (χ4v) is 2.17. The van der Waals surface area contributed by atoms with E-state index >= 15 is 0 Å². The molecule has 7 heteroatoms. The molecule has 0 aromatic carbocycles. The Balaban J connectivity index is 2.25. The molecule has 2 heterocycles. The summed E-state index contributed by atoms with van der Waals surface area (Å²) in [6.07, 6.45) is -3.37. The van der Waals surface area contributed by atoms with Gasteiger partial charge in [-0.05, 0) is 19.1 Å². The third kappa shape index (κ3) is 3.30. The molecule has 0 N–H and O–H groups in total. The second kappa shape index (κ2) is 5.54. The number of alkyl halides is 4. The van der Waals surface area contributed by atoms with Crippen molar-refractivity contribution in [3.8, 4) is 0 Å². The first-order chi connectivity index (χ1) is 8.91. The molecule has 1 saturated heterocycles. The maximum Gasteiger partial charge on any atom is 0.416 e. The third-order valence-corrected chi connectivity index (χ3v) is 3.39. The molecule has 1 aliphatic rings. The molecule has 2 rings (SSSR count). The molecule has 1 fully saturated rings. The van der Waals surface area contributed by atoms with Crippen LogP contribution in [0.25, 0.3) is 0 Å². The smallest absolute Gasteiger partial charge is 0.373 e. The van der Waals surface area contributed by atoms with Crippen molar-refractivity contribution in [3.63, 3.8) is 0 Å². The Labute approximate surface area is 114 Å². The van der Waals surface area contributed by atoms with Crippen molar-refractivity contribution < 1.29 is 17.9 Å². The number of morpholine rings is 1. The van der Waals surface area contributed by atoms with Crippen LogP contribution in [0.15, 0.2) is 18.3 Å². The predicted octanol–water partition coefficient (Wildman–Crippen LogP) is 2.93. The van der Waals surface area contributed by atoms with Gasteiger partial charge in [0.1, 0.15) is 5.82 Å². The summed E-state index contributed by atoms with van der Waals surface area (Å²) in [6.45, 7) is 2.75. The van der Waals surface area contributed by atoms with Crippen molar-refractivity contribution in [2.75, 3.05) is 23.9 Å². The summed E-state index contributed by atoms with van der Waals surface area (Å²) in [6, 6.07) is 2.00. The minimum Gasteiger partial charge on any atom is -0.373 e. The molecule has 19 heavy (non-hydrogen) atoms. The van der Waals surface area contributed by atoms with Crippen LogP contribution in [0.1, 0.15) is 12.5 Å². The van der Waals surface area contributed by atoms with Crippen LogP contribution in [0.2, 0.25) is 0 Å². The zero-order chi connectivity index (χ0) is 14.0. The number of nitrogens with zero attached hydrogens (tertiary/aromatic N) is 2. The van der Waals surface area contributed by atoms with E-state index in [0.29, 0.717) is 24.8 Å². The SMILES string of the molecule is CC1COC(CCl)CN1c1cc(C(F)(F)F)ccn1. The molecule has 0 amide bonds. The fourth-order valence-electron chi connectivity index (χ4n) is 1.98. The van der Waals surface area contributed by atoms with Gasteiger partial charge in [-0.1, -0.05) is 0 Å². The molecule has 0 saturated carbocycles. The number of hydrogen-bond acceptors (Lipinski definition) is 3. The normalized spacial score (nSPS) is 24.6. The first-order valence-corrected chi connectivity index (χ1v) is 6.42. The molecular formula is C12H14ClF3N2O. The number of hydrogen-bond donors (Lipinski definition) is 0. The van der Waals surface area contributed by atoms with Gasteiger partial charge >= 0.3 is 6.18 Å². The highest BCUT2D eigenvalue weighted by atomic mass is 35.5. The van der Waals surface area contributed by atoms with Gasteiger partial charge in [0.25, 0.3) is 0 Å². The summed E-state index contributed by atoms with van der Waals surface area (Å²) in [5, 5.41) is 0. The van der Waals surface area contributed by atoms with Crippen molar-refractivity contribution in [1.29, 1.82) is 0 Å². The van der Waals surface area contributed by atoms with Crippen LogP contribution in [-0.2, 0) is 10.9 Å². The third-order valence-electron chi connectivity index (χ3n) is 3.04. The van der Waals surface area contributed by atoms with Crippen molar-refractivity contribution in [2.45, 2.75) is 25.2 Å². The monoisotopic (exact) mass is 294 g/mol. The lowest BCUT2D eigenvalue weighted by Gasteiger charge is -2.38. The lowest BCUT2D eigenvalue weighted by Crippen LogP contribution is -2.49. The lowest BCUT2D eigenvalue weighted by atomic mass is 10.2. The number of ether oxygens (including phenoxy) is 1. The van der Waals surface area contributed by atoms with E-state index in [1.807, 2.05) is 6.92 Å². The zero-order valence-corrected chi connectivity index (χ0v) is 11.1. The van der Waals surface area contributed by atoms with Crippen LogP contribution in [0.3, 0.4) is 0 Å². The van der Waals surface area contributed by atoms with Gasteiger partial charge in [-0.15, -0.1) is 11.6 Å². The van der Waals surface area contributed by atoms with Crippen LogP contribution in [0.5, 0.6) is 0 Å². The highest BCUT2D eigenvalue weighted by Gasteiger charge is 2.32. The van der Waals surface area contributed by atoms with Gasteiger partial charge in [-0.2, -0.15) is 13.2 Å². The average Bonchev–Trinajstić information content (AvgIpc) is 2.38. The van der Waals surface area contributed by atoms with Crippen molar-refractivity contribution >= 4 is 17.4 Å². The van der Waals surface area contributed by atoms with E-state index in [-0.39, 0.29) is 12.1 Å². The van der Waals surface area contributed by atoms with Crippen molar-refractivity contribution in [3.05, 3.63) is 23.9 Å². The molecule has 2 atom stereocenters.